The highest BCUT2D eigenvalue weighted by Gasteiger charge is 2.34. The van der Waals surface area contributed by atoms with Gasteiger partial charge in [-0.3, -0.25) is 9.89 Å². The van der Waals surface area contributed by atoms with Crippen LogP contribution in [0.15, 0.2) is 6.33 Å². The topological polar surface area (TPSA) is 82.7 Å². The van der Waals surface area contributed by atoms with Gasteiger partial charge in [0.1, 0.15) is 6.33 Å². The minimum absolute atomic E-state index is 0.149. The van der Waals surface area contributed by atoms with Crippen molar-refractivity contribution in [3.63, 3.8) is 0 Å². The van der Waals surface area contributed by atoms with Crippen molar-refractivity contribution in [2.75, 3.05) is 0 Å². The van der Waals surface area contributed by atoms with E-state index in [9.17, 15) is 4.79 Å². The van der Waals surface area contributed by atoms with Crippen LogP contribution in [-0.2, 0) is 0 Å². The first kappa shape index (κ1) is 9.77. The first-order valence-corrected chi connectivity index (χ1v) is 5.73. The Balaban J connectivity index is 1.61. The van der Waals surface area contributed by atoms with E-state index in [1.807, 2.05) is 0 Å². The molecule has 3 rings (SSSR count). The third-order valence-electron chi connectivity index (χ3n) is 3.44. The molecular formula is C10H15N5O. The molecule has 0 aromatic carbocycles. The third kappa shape index (κ3) is 1.80. The summed E-state index contributed by atoms with van der Waals surface area (Å²) in [5, 5.41) is 12.8. The van der Waals surface area contributed by atoms with Crippen LogP contribution in [0.4, 0.5) is 0 Å². The zero-order valence-electron chi connectivity index (χ0n) is 8.94. The largest absolute Gasteiger partial charge is 0.346 e. The normalized spacial score (nSPS) is 32.6. The van der Waals surface area contributed by atoms with Gasteiger partial charge in [0, 0.05) is 18.1 Å². The first-order chi connectivity index (χ1) is 7.81. The molecule has 16 heavy (non-hydrogen) atoms. The number of rotatable bonds is 2. The lowest BCUT2D eigenvalue weighted by Crippen LogP contribution is -2.48. The van der Waals surface area contributed by atoms with Gasteiger partial charge in [-0.25, -0.2) is 4.98 Å². The van der Waals surface area contributed by atoms with E-state index >= 15 is 0 Å². The van der Waals surface area contributed by atoms with Gasteiger partial charge in [-0.1, -0.05) is 0 Å². The van der Waals surface area contributed by atoms with E-state index in [1.54, 1.807) is 0 Å². The smallest absolute Gasteiger partial charge is 0.288 e. The molecule has 2 saturated heterocycles. The van der Waals surface area contributed by atoms with Crippen LogP contribution in [0.1, 0.15) is 36.3 Å². The van der Waals surface area contributed by atoms with Crippen molar-refractivity contribution in [1.29, 1.82) is 0 Å². The minimum Gasteiger partial charge on any atom is -0.346 e. The van der Waals surface area contributed by atoms with Gasteiger partial charge in [0.25, 0.3) is 5.91 Å². The van der Waals surface area contributed by atoms with E-state index in [0.29, 0.717) is 17.9 Å². The van der Waals surface area contributed by atoms with E-state index < -0.39 is 0 Å². The molecule has 2 aliphatic rings. The van der Waals surface area contributed by atoms with Crippen molar-refractivity contribution in [3.05, 3.63) is 12.2 Å². The molecule has 2 bridgehead atoms. The maximum absolute atomic E-state index is 11.7. The van der Waals surface area contributed by atoms with Crippen molar-refractivity contribution >= 4 is 5.91 Å². The van der Waals surface area contributed by atoms with E-state index in [0.717, 1.165) is 12.8 Å². The van der Waals surface area contributed by atoms with Crippen LogP contribution in [0.25, 0.3) is 0 Å². The quantitative estimate of drug-likeness (QED) is 0.647. The molecule has 2 aliphatic heterocycles. The Morgan fingerprint density at radius 2 is 2.12 bits per heavy atom. The summed E-state index contributed by atoms with van der Waals surface area (Å²) < 4.78 is 0. The predicted molar refractivity (Wildman–Crippen MR) is 56.8 cm³/mol. The van der Waals surface area contributed by atoms with Crippen LogP contribution in [0, 0.1) is 0 Å². The average molecular weight is 221 g/mol. The minimum atomic E-state index is -0.149. The Morgan fingerprint density at radius 1 is 1.38 bits per heavy atom. The zero-order valence-corrected chi connectivity index (χ0v) is 8.94. The van der Waals surface area contributed by atoms with Gasteiger partial charge in [0.15, 0.2) is 0 Å². The van der Waals surface area contributed by atoms with Crippen LogP contribution < -0.4 is 10.6 Å². The van der Waals surface area contributed by atoms with Crippen molar-refractivity contribution in [1.82, 2.24) is 25.8 Å². The summed E-state index contributed by atoms with van der Waals surface area (Å²) in [6, 6.07) is 1.44. The Bertz CT molecular complexity index is 365. The van der Waals surface area contributed by atoms with E-state index in [-0.39, 0.29) is 11.9 Å². The second-order valence-electron chi connectivity index (χ2n) is 4.61. The molecule has 6 nitrogen and oxygen atoms in total. The average Bonchev–Trinajstić information content (AvgIpc) is 2.88. The molecular weight excluding hydrogens is 206 g/mol. The summed E-state index contributed by atoms with van der Waals surface area (Å²) in [7, 11) is 0. The summed E-state index contributed by atoms with van der Waals surface area (Å²) in [4.78, 5) is 15.6. The number of carbonyl (C=O) groups is 1. The Kier molecular flexibility index (Phi) is 2.36. The van der Waals surface area contributed by atoms with E-state index in [1.165, 1.54) is 19.2 Å². The molecule has 3 N–H and O–H groups in total. The number of aromatic amines is 1. The van der Waals surface area contributed by atoms with E-state index in [2.05, 4.69) is 25.8 Å². The van der Waals surface area contributed by atoms with Crippen LogP contribution in [-0.4, -0.2) is 39.2 Å². The van der Waals surface area contributed by atoms with Crippen molar-refractivity contribution in [3.8, 4) is 0 Å². The van der Waals surface area contributed by atoms with Crippen LogP contribution in [0.3, 0.4) is 0 Å². The van der Waals surface area contributed by atoms with Crippen molar-refractivity contribution < 1.29 is 4.79 Å². The number of amides is 1. The van der Waals surface area contributed by atoms with Crippen LogP contribution in [0.2, 0.25) is 0 Å². The zero-order chi connectivity index (χ0) is 11.0. The molecule has 0 spiro atoms. The number of piperidine rings is 1. The molecule has 2 unspecified atom stereocenters. The summed E-state index contributed by atoms with van der Waals surface area (Å²) in [6.07, 6.45) is 5.87. The summed E-state index contributed by atoms with van der Waals surface area (Å²) in [5.74, 6) is 0.148. The third-order valence-corrected chi connectivity index (χ3v) is 3.44. The van der Waals surface area contributed by atoms with Gasteiger partial charge in [-0.2, -0.15) is 5.10 Å². The number of nitrogens with one attached hydrogen (secondary N) is 3. The van der Waals surface area contributed by atoms with Gasteiger partial charge in [-0.05, 0) is 25.7 Å². The molecule has 1 aromatic heterocycles. The maximum Gasteiger partial charge on any atom is 0.288 e. The highest BCUT2D eigenvalue weighted by Crippen LogP contribution is 2.26. The second-order valence-corrected chi connectivity index (χ2v) is 4.61. The van der Waals surface area contributed by atoms with Gasteiger partial charge in [0.2, 0.25) is 5.82 Å². The lowest BCUT2D eigenvalue weighted by atomic mass is 10.00. The molecule has 2 fully saturated rings. The monoisotopic (exact) mass is 221 g/mol. The summed E-state index contributed by atoms with van der Waals surface area (Å²) >= 11 is 0. The first-order valence-electron chi connectivity index (χ1n) is 5.73. The molecule has 0 aliphatic carbocycles. The standard InChI is InChI=1S/C10H15N5O/c16-10(9-11-5-12-15-9)14-8-3-6-1-2-7(4-8)13-6/h5-8,13H,1-4H2,(H,14,16)(H,11,12,15). The SMILES string of the molecule is O=C(NC1CC2CCC(C1)N2)c1ncn[nH]1. The lowest BCUT2D eigenvalue weighted by molar-refractivity contribution is 0.0914. The van der Waals surface area contributed by atoms with Gasteiger partial charge >= 0.3 is 0 Å². The number of carbonyl (C=O) groups excluding carboxylic acids is 1. The molecule has 6 heteroatoms. The number of fused-ring (bicyclic) bond motifs is 2. The Morgan fingerprint density at radius 3 is 2.75 bits per heavy atom. The fourth-order valence-corrected chi connectivity index (χ4v) is 2.74. The molecule has 2 atom stereocenters. The molecule has 1 aromatic rings. The highest BCUT2D eigenvalue weighted by atomic mass is 16.2. The molecule has 3 heterocycles. The van der Waals surface area contributed by atoms with Crippen molar-refractivity contribution in [2.24, 2.45) is 0 Å². The fourth-order valence-electron chi connectivity index (χ4n) is 2.74. The number of H-pyrrole nitrogens is 1. The fraction of sp³-hybridized carbons (Fsp3) is 0.700. The molecule has 0 radical (unpaired) electrons. The van der Waals surface area contributed by atoms with Gasteiger partial charge in [-0.15, -0.1) is 0 Å². The second kappa shape index (κ2) is 3.86. The molecule has 86 valence electrons. The van der Waals surface area contributed by atoms with Gasteiger partial charge < -0.3 is 10.6 Å². The van der Waals surface area contributed by atoms with Gasteiger partial charge in [0.05, 0.1) is 0 Å². The lowest BCUT2D eigenvalue weighted by Gasteiger charge is -2.29. The Hall–Kier alpha value is -1.43. The van der Waals surface area contributed by atoms with E-state index in [4.69, 9.17) is 0 Å². The predicted octanol–water partition coefficient (Wildman–Crippen LogP) is -0.183. The number of nitrogens with zero attached hydrogens (tertiary/aromatic N) is 2. The number of hydrogen-bond acceptors (Lipinski definition) is 4. The molecule has 0 saturated carbocycles. The number of aromatic nitrogens is 3. The highest BCUT2D eigenvalue weighted by molar-refractivity contribution is 5.90. The van der Waals surface area contributed by atoms with Crippen LogP contribution >= 0.6 is 0 Å². The maximum atomic E-state index is 11.7. The summed E-state index contributed by atoms with van der Waals surface area (Å²) in [6.45, 7) is 0. The van der Waals surface area contributed by atoms with Crippen molar-refractivity contribution in [2.45, 2.75) is 43.8 Å². The van der Waals surface area contributed by atoms with Crippen LogP contribution in [0.5, 0.6) is 0 Å². The summed E-state index contributed by atoms with van der Waals surface area (Å²) in [5.41, 5.74) is 0. The molecule has 1 amide bonds. The number of hydrogen-bond donors (Lipinski definition) is 3. The Labute approximate surface area is 93.2 Å².